The van der Waals surface area contributed by atoms with Crippen molar-refractivity contribution in [2.24, 2.45) is 0 Å². The molecule has 4 heteroatoms. The summed E-state index contributed by atoms with van der Waals surface area (Å²) < 4.78 is 7.97. The molecule has 0 bridgehead atoms. The van der Waals surface area contributed by atoms with Crippen LogP contribution in [0.2, 0.25) is 0 Å². The summed E-state index contributed by atoms with van der Waals surface area (Å²) in [6, 6.07) is 18.2. The highest BCUT2D eigenvalue weighted by molar-refractivity contribution is 5.39. The molecule has 1 aromatic heterocycles. The zero-order valence-corrected chi connectivity index (χ0v) is 10.8. The summed E-state index contributed by atoms with van der Waals surface area (Å²) in [5.41, 5.74) is 2.27. The van der Waals surface area contributed by atoms with Crippen LogP contribution in [0.5, 0.6) is 5.75 Å². The third-order valence-corrected chi connectivity index (χ3v) is 3.54. The molecule has 1 aliphatic heterocycles. The van der Waals surface area contributed by atoms with Gasteiger partial charge in [0.15, 0.2) is 11.9 Å². The molecule has 0 N–H and O–H groups in total. The van der Waals surface area contributed by atoms with Crippen molar-refractivity contribution in [3.63, 3.8) is 0 Å². The first-order valence-corrected chi connectivity index (χ1v) is 6.62. The van der Waals surface area contributed by atoms with E-state index in [0.717, 1.165) is 23.7 Å². The topological polar surface area (TPSA) is 39.9 Å². The monoisotopic (exact) mass is 263 g/mol. The molecule has 0 saturated carbocycles. The van der Waals surface area contributed by atoms with Crippen molar-refractivity contribution in [2.75, 3.05) is 0 Å². The quantitative estimate of drug-likeness (QED) is 0.713. The minimum atomic E-state index is -0.0740. The molecule has 4 rings (SSSR count). The molecule has 98 valence electrons. The van der Waals surface area contributed by atoms with Crippen LogP contribution < -0.4 is 4.74 Å². The van der Waals surface area contributed by atoms with Gasteiger partial charge in [-0.2, -0.15) is 0 Å². The van der Waals surface area contributed by atoms with E-state index >= 15 is 0 Å². The summed E-state index contributed by atoms with van der Waals surface area (Å²) in [6.07, 6.45) is 2.49. The maximum Gasteiger partial charge on any atom is 0.178 e. The van der Waals surface area contributed by atoms with Gasteiger partial charge in [0.2, 0.25) is 0 Å². The predicted molar refractivity (Wildman–Crippen MR) is 74.9 cm³/mol. The molecule has 2 aromatic carbocycles. The Morgan fingerprint density at radius 3 is 2.65 bits per heavy atom. The first kappa shape index (κ1) is 11.2. The van der Waals surface area contributed by atoms with Gasteiger partial charge in [0.05, 0.1) is 0 Å². The number of rotatable bonds is 2. The predicted octanol–water partition coefficient (Wildman–Crippen LogP) is 2.94. The number of nitrogens with zero attached hydrogens (tertiary/aromatic N) is 3. The van der Waals surface area contributed by atoms with Crippen LogP contribution in [0, 0.1) is 0 Å². The van der Waals surface area contributed by atoms with Crippen LogP contribution in [-0.4, -0.2) is 14.8 Å². The van der Waals surface area contributed by atoms with Gasteiger partial charge in [-0.25, -0.2) is 0 Å². The Kier molecular flexibility index (Phi) is 2.52. The minimum Gasteiger partial charge on any atom is -0.482 e. The third-order valence-electron chi connectivity index (χ3n) is 3.54. The number of ether oxygens (including phenoxy) is 1. The average molecular weight is 263 g/mol. The Morgan fingerprint density at radius 2 is 1.80 bits per heavy atom. The highest BCUT2D eigenvalue weighted by Gasteiger charge is 2.28. The van der Waals surface area contributed by atoms with E-state index in [9.17, 15) is 0 Å². The SMILES string of the molecule is c1ccc(-n2cnnc2C2Cc3ccccc3O2)cc1. The number of aromatic nitrogens is 3. The summed E-state index contributed by atoms with van der Waals surface area (Å²) in [4.78, 5) is 0. The van der Waals surface area contributed by atoms with Crippen LogP contribution in [0.15, 0.2) is 60.9 Å². The van der Waals surface area contributed by atoms with Crippen molar-refractivity contribution >= 4 is 0 Å². The van der Waals surface area contributed by atoms with E-state index in [0.29, 0.717) is 0 Å². The molecular weight excluding hydrogens is 250 g/mol. The third kappa shape index (κ3) is 1.77. The number of para-hydroxylation sites is 2. The van der Waals surface area contributed by atoms with Gasteiger partial charge >= 0.3 is 0 Å². The molecule has 3 aromatic rings. The van der Waals surface area contributed by atoms with Crippen LogP contribution in [0.25, 0.3) is 5.69 Å². The first-order chi connectivity index (χ1) is 9.92. The van der Waals surface area contributed by atoms with Gasteiger partial charge in [-0.05, 0) is 23.8 Å². The van der Waals surface area contributed by atoms with Crippen LogP contribution in [0.4, 0.5) is 0 Å². The van der Waals surface area contributed by atoms with E-state index in [-0.39, 0.29) is 6.10 Å². The van der Waals surface area contributed by atoms with Crippen LogP contribution >= 0.6 is 0 Å². The summed E-state index contributed by atoms with van der Waals surface area (Å²) >= 11 is 0. The fourth-order valence-electron chi connectivity index (χ4n) is 2.58. The smallest absolute Gasteiger partial charge is 0.178 e. The van der Waals surface area contributed by atoms with Gasteiger partial charge in [0.1, 0.15) is 12.1 Å². The standard InChI is InChI=1S/C16H13N3O/c1-2-7-13(8-3-1)19-11-17-18-16(19)15-10-12-6-4-5-9-14(12)20-15/h1-9,11,15H,10H2. The number of benzene rings is 2. The lowest BCUT2D eigenvalue weighted by molar-refractivity contribution is 0.225. The molecule has 1 aliphatic rings. The molecule has 1 unspecified atom stereocenters. The fourth-order valence-corrected chi connectivity index (χ4v) is 2.58. The van der Waals surface area contributed by atoms with Gasteiger partial charge < -0.3 is 4.74 Å². The molecule has 20 heavy (non-hydrogen) atoms. The molecule has 4 nitrogen and oxygen atoms in total. The van der Waals surface area contributed by atoms with Crippen LogP contribution in [0.3, 0.4) is 0 Å². The van der Waals surface area contributed by atoms with E-state index in [1.54, 1.807) is 6.33 Å². The van der Waals surface area contributed by atoms with Crippen LogP contribution in [0.1, 0.15) is 17.5 Å². The number of hydrogen-bond acceptors (Lipinski definition) is 3. The minimum absolute atomic E-state index is 0.0740. The van der Waals surface area contributed by atoms with E-state index in [2.05, 4.69) is 16.3 Å². The van der Waals surface area contributed by atoms with Crippen molar-refractivity contribution < 1.29 is 4.74 Å². The second-order valence-electron chi connectivity index (χ2n) is 4.81. The lowest BCUT2D eigenvalue weighted by Gasteiger charge is -2.12. The summed E-state index contributed by atoms with van der Waals surface area (Å²) in [5, 5.41) is 8.28. The fraction of sp³-hybridized carbons (Fsp3) is 0.125. The lowest BCUT2D eigenvalue weighted by atomic mass is 10.1. The van der Waals surface area contributed by atoms with Gasteiger partial charge in [-0.1, -0.05) is 36.4 Å². The Morgan fingerprint density at radius 1 is 1.00 bits per heavy atom. The summed E-state index contributed by atoms with van der Waals surface area (Å²) in [6.45, 7) is 0. The molecular formula is C16H13N3O. The van der Waals surface area contributed by atoms with E-state index in [1.165, 1.54) is 5.56 Å². The molecule has 0 saturated heterocycles. The highest BCUT2D eigenvalue weighted by Crippen LogP contribution is 2.35. The Hall–Kier alpha value is -2.62. The van der Waals surface area contributed by atoms with Crippen molar-refractivity contribution in [1.29, 1.82) is 0 Å². The number of hydrogen-bond donors (Lipinski definition) is 0. The lowest BCUT2D eigenvalue weighted by Crippen LogP contribution is -2.11. The first-order valence-electron chi connectivity index (χ1n) is 6.62. The van der Waals surface area contributed by atoms with Crippen molar-refractivity contribution in [1.82, 2.24) is 14.8 Å². The summed E-state index contributed by atoms with van der Waals surface area (Å²) in [5.74, 6) is 1.78. The average Bonchev–Trinajstić information content (AvgIpc) is 3.14. The number of fused-ring (bicyclic) bond motifs is 1. The highest BCUT2D eigenvalue weighted by atomic mass is 16.5. The molecule has 0 radical (unpaired) electrons. The van der Waals surface area contributed by atoms with Crippen LogP contribution in [-0.2, 0) is 6.42 Å². The molecule has 0 aliphatic carbocycles. The van der Waals surface area contributed by atoms with E-state index in [1.807, 2.05) is 53.1 Å². The van der Waals surface area contributed by atoms with Crippen molar-refractivity contribution in [3.8, 4) is 11.4 Å². The second-order valence-corrected chi connectivity index (χ2v) is 4.81. The molecule has 0 spiro atoms. The molecule has 0 fully saturated rings. The van der Waals surface area contributed by atoms with Gasteiger partial charge in [-0.15, -0.1) is 10.2 Å². The molecule has 1 atom stereocenters. The largest absolute Gasteiger partial charge is 0.482 e. The Labute approximate surface area is 116 Å². The zero-order valence-electron chi connectivity index (χ0n) is 10.8. The second kappa shape index (κ2) is 4.49. The van der Waals surface area contributed by atoms with E-state index < -0.39 is 0 Å². The van der Waals surface area contributed by atoms with Crippen molar-refractivity contribution in [3.05, 3.63) is 72.3 Å². The Balaban J connectivity index is 1.71. The maximum absolute atomic E-state index is 5.99. The zero-order chi connectivity index (χ0) is 13.4. The molecule has 2 heterocycles. The summed E-state index contributed by atoms with van der Waals surface area (Å²) in [7, 11) is 0. The van der Waals surface area contributed by atoms with Gasteiger partial charge in [-0.3, -0.25) is 4.57 Å². The van der Waals surface area contributed by atoms with E-state index in [4.69, 9.17) is 4.74 Å². The van der Waals surface area contributed by atoms with Gasteiger partial charge in [0.25, 0.3) is 0 Å². The van der Waals surface area contributed by atoms with Crippen molar-refractivity contribution in [2.45, 2.75) is 12.5 Å². The molecule has 0 amide bonds. The Bertz CT molecular complexity index is 711. The van der Waals surface area contributed by atoms with Gasteiger partial charge in [0, 0.05) is 12.1 Å². The maximum atomic E-state index is 5.99. The normalized spacial score (nSPS) is 16.7.